The molecule has 0 spiro atoms. The third-order valence-corrected chi connectivity index (χ3v) is 4.77. The molecule has 2 aromatic rings. The van der Waals surface area contributed by atoms with Crippen LogP contribution in [0.15, 0.2) is 42.5 Å². The lowest BCUT2D eigenvalue weighted by Crippen LogP contribution is -2.31. The summed E-state index contributed by atoms with van der Waals surface area (Å²) in [5.41, 5.74) is 3.61. The molecule has 3 heteroatoms. The minimum Gasteiger partial charge on any atom is -0.508 e. The van der Waals surface area contributed by atoms with Crippen LogP contribution < -0.4 is 5.32 Å². The number of phenolic OH excluding ortho intramolecular Hbond substituents is 2. The van der Waals surface area contributed by atoms with Crippen LogP contribution in [0.1, 0.15) is 36.0 Å². The number of nitrogens with one attached hydrogen (secondary N) is 1. The van der Waals surface area contributed by atoms with E-state index in [0.29, 0.717) is 12.1 Å². The topological polar surface area (TPSA) is 52.5 Å². The Bertz CT molecular complexity index is 651. The smallest absolute Gasteiger partial charge is 0.122 e. The van der Waals surface area contributed by atoms with Gasteiger partial charge in [-0.25, -0.2) is 0 Å². The van der Waals surface area contributed by atoms with Gasteiger partial charge in [0.05, 0.1) is 0 Å². The highest BCUT2D eigenvalue weighted by Gasteiger charge is 2.24. The first-order valence-corrected chi connectivity index (χ1v) is 8.42. The molecule has 1 aliphatic heterocycles. The molecular weight excluding hydrogens is 286 g/mol. The highest BCUT2D eigenvalue weighted by atomic mass is 16.3. The van der Waals surface area contributed by atoms with Crippen LogP contribution in [0.4, 0.5) is 0 Å². The predicted octanol–water partition coefficient (Wildman–Crippen LogP) is 3.70. The first-order valence-electron chi connectivity index (χ1n) is 8.42. The Morgan fingerprint density at radius 3 is 2.48 bits per heavy atom. The van der Waals surface area contributed by atoms with E-state index in [1.165, 1.54) is 23.6 Å². The number of hydrogen-bond acceptors (Lipinski definition) is 3. The summed E-state index contributed by atoms with van der Waals surface area (Å²) in [6.45, 7) is 2.12. The van der Waals surface area contributed by atoms with E-state index < -0.39 is 0 Å². The predicted molar refractivity (Wildman–Crippen MR) is 92.9 cm³/mol. The summed E-state index contributed by atoms with van der Waals surface area (Å²) < 4.78 is 0. The molecule has 1 fully saturated rings. The monoisotopic (exact) mass is 311 g/mol. The van der Waals surface area contributed by atoms with E-state index in [0.717, 1.165) is 31.2 Å². The normalized spacial score (nSPS) is 20.7. The largest absolute Gasteiger partial charge is 0.508 e. The van der Waals surface area contributed by atoms with Crippen molar-refractivity contribution in [1.29, 1.82) is 0 Å². The van der Waals surface area contributed by atoms with Gasteiger partial charge in [0, 0.05) is 18.2 Å². The van der Waals surface area contributed by atoms with Crippen molar-refractivity contribution in [3.05, 3.63) is 59.2 Å². The average Bonchev–Trinajstić information content (AvgIpc) is 2.97. The van der Waals surface area contributed by atoms with Gasteiger partial charge in [0.25, 0.3) is 0 Å². The van der Waals surface area contributed by atoms with Gasteiger partial charge < -0.3 is 15.5 Å². The zero-order valence-corrected chi connectivity index (χ0v) is 13.6. The number of aromatic hydroxyl groups is 2. The Labute approximate surface area is 138 Å². The fraction of sp³-hybridized carbons (Fsp3) is 0.400. The molecule has 23 heavy (non-hydrogen) atoms. The molecule has 2 aromatic carbocycles. The summed E-state index contributed by atoms with van der Waals surface area (Å²) >= 11 is 0. The third kappa shape index (κ3) is 4.26. The van der Waals surface area contributed by atoms with Gasteiger partial charge in [0.1, 0.15) is 11.5 Å². The summed E-state index contributed by atoms with van der Waals surface area (Å²) in [5.74, 6) is 0.302. The molecular formula is C20H25NO2. The van der Waals surface area contributed by atoms with Crippen LogP contribution in [0.2, 0.25) is 0 Å². The van der Waals surface area contributed by atoms with Gasteiger partial charge in [-0.15, -0.1) is 0 Å². The lowest BCUT2D eigenvalue weighted by atomic mass is 10.0. The quantitative estimate of drug-likeness (QED) is 0.789. The molecule has 1 saturated heterocycles. The second kappa shape index (κ2) is 7.05. The molecule has 122 valence electrons. The van der Waals surface area contributed by atoms with Crippen LogP contribution in [0.5, 0.6) is 11.5 Å². The lowest BCUT2D eigenvalue weighted by molar-refractivity contribution is 0.440. The van der Waals surface area contributed by atoms with Crippen molar-refractivity contribution in [2.24, 2.45) is 0 Å². The van der Waals surface area contributed by atoms with E-state index in [-0.39, 0.29) is 11.5 Å². The van der Waals surface area contributed by atoms with Crippen molar-refractivity contribution in [3.8, 4) is 11.5 Å². The van der Waals surface area contributed by atoms with Crippen LogP contribution >= 0.6 is 0 Å². The molecule has 0 amide bonds. The minimum atomic E-state index is 0.113. The van der Waals surface area contributed by atoms with E-state index in [9.17, 15) is 10.2 Å². The van der Waals surface area contributed by atoms with E-state index >= 15 is 0 Å². The summed E-state index contributed by atoms with van der Waals surface area (Å²) in [6.07, 6.45) is 5.40. The molecule has 2 atom stereocenters. The Kier molecular flexibility index (Phi) is 4.87. The molecule has 3 nitrogen and oxygen atoms in total. The fourth-order valence-corrected chi connectivity index (χ4v) is 3.38. The third-order valence-electron chi connectivity index (χ3n) is 4.77. The molecule has 1 heterocycles. The maximum absolute atomic E-state index is 9.90. The summed E-state index contributed by atoms with van der Waals surface area (Å²) in [6, 6.07) is 14.6. The Morgan fingerprint density at radius 1 is 1.00 bits per heavy atom. The van der Waals surface area contributed by atoms with Gasteiger partial charge in [-0.1, -0.05) is 35.9 Å². The number of phenols is 2. The minimum absolute atomic E-state index is 0.113. The number of aryl methyl sites for hydroxylation is 2. The maximum atomic E-state index is 9.90. The second-order valence-corrected chi connectivity index (χ2v) is 6.68. The van der Waals surface area contributed by atoms with Crippen LogP contribution in [0, 0.1) is 6.92 Å². The fourth-order valence-electron chi connectivity index (χ4n) is 3.38. The average molecular weight is 311 g/mol. The number of rotatable bonds is 5. The lowest BCUT2D eigenvalue weighted by Gasteiger charge is -2.15. The summed E-state index contributed by atoms with van der Waals surface area (Å²) in [4.78, 5) is 0. The summed E-state index contributed by atoms with van der Waals surface area (Å²) in [7, 11) is 0. The van der Waals surface area contributed by atoms with Crippen molar-refractivity contribution < 1.29 is 10.2 Å². The highest BCUT2D eigenvalue weighted by molar-refractivity contribution is 5.39. The van der Waals surface area contributed by atoms with Crippen LogP contribution in [0.25, 0.3) is 0 Å². The number of benzene rings is 2. The second-order valence-electron chi connectivity index (χ2n) is 6.68. The van der Waals surface area contributed by atoms with Crippen LogP contribution in [-0.4, -0.2) is 22.3 Å². The Hall–Kier alpha value is -2.00. The van der Waals surface area contributed by atoms with Gasteiger partial charge in [-0.2, -0.15) is 0 Å². The molecule has 2 unspecified atom stereocenters. The SMILES string of the molecule is Cc1ccc(CCC2CCC(Cc3ccc(O)cc3O)N2)cc1. The maximum Gasteiger partial charge on any atom is 0.122 e. The first-order chi connectivity index (χ1) is 11.1. The molecule has 0 saturated carbocycles. The molecule has 0 bridgehead atoms. The zero-order valence-electron chi connectivity index (χ0n) is 13.6. The van der Waals surface area contributed by atoms with Gasteiger partial charge in [-0.05, 0) is 56.2 Å². The van der Waals surface area contributed by atoms with Gasteiger partial charge in [-0.3, -0.25) is 0 Å². The Morgan fingerprint density at radius 2 is 1.74 bits per heavy atom. The van der Waals surface area contributed by atoms with E-state index in [2.05, 4.69) is 36.5 Å². The molecule has 0 radical (unpaired) electrons. The number of hydrogen-bond donors (Lipinski definition) is 3. The zero-order chi connectivity index (χ0) is 16.2. The summed E-state index contributed by atoms with van der Waals surface area (Å²) in [5, 5.41) is 23.0. The molecule has 1 aliphatic rings. The Balaban J connectivity index is 1.49. The highest BCUT2D eigenvalue weighted by Crippen LogP contribution is 2.27. The van der Waals surface area contributed by atoms with Crippen molar-refractivity contribution in [2.75, 3.05) is 0 Å². The van der Waals surface area contributed by atoms with Crippen molar-refractivity contribution in [1.82, 2.24) is 5.32 Å². The van der Waals surface area contributed by atoms with Crippen molar-refractivity contribution >= 4 is 0 Å². The van der Waals surface area contributed by atoms with Crippen LogP contribution in [-0.2, 0) is 12.8 Å². The van der Waals surface area contributed by atoms with Gasteiger partial charge in [0.15, 0.2) is 0 Å². The molecule has 0 aliphatic carbocycles. The standard InChI is InChI=1S/C20H25NO2/c1-14-2-4-15(5-3-14)6-8-17-9-10-18(21-17)12-16-7-11-19(22)13-20(16)23/h2-5,7,11,13,17-18,21-23H,6,8-10,12H2,1H3. The van der Waals surface area contributed by atoms with E-state index in [1.54, 1.807) is 6.07 Å². The van der Waals surface area contributed by atoms with Crippen molar-refractivity contribution in [3.63, 3.8) is 0 Å². The molecule has 0 aromatic heterocycles. The van der Waals surface area contributed by atoms with Gasteiger partial charge in [0.2, 0.25) is 0 Å². The molecule has 3 rings (SSSR count). The first kappa shape index (κ1) is 15.9. The van der Waals surface area contributed by atoms with Crippen molar-refractivity contribution in [2.45, 2.75) is 51.1 Å². The van der Waals surface area contributed by atoms with Crippen LogP contribution in [0.3, 0.4) is 0 Å². The van der Waals surface area contributed by atoms with Gasteiger partial charge >= 0.3 is 0 Å². The molecule has 3 N–H and O–H groups in total. The van der Waals surface area contributed by atoms with E-state index in [1.807, 2.05) is 6.07 Å². The van der Waals surface area contributed by atoms with E-state index in [4.69, 9.17) is 0 Å².